The summed E-state index contributed by atoms with van der Waals surface area (Å²) >= 11 is 2.60. The monoisotopic (exact) mass is 461 g/mol. The Kier molecular flexibility index (Phi) is 5.16. The molecule has 1 nitrogen and oxygen atoms in total. The molecule has 25 heavy (non-hydrogen) atoms. The third kappa shape index (κ3) is 3.38. The summed E-state index contributed by atoms with van der Waals surface area (Å²) in [5, 5.41) is 0. The lowest BCUT2D eigenvalue weighted by atomic mass is 9.81. The minimum atomic E-state index is -0.392. The zero-order valence-electron chi connectivity index (χ0n) is 14.3. The number of fused-ring (bicyclic) bond motifs is 1. The van der Waals surface area contributed by atoms with Crippen molar-refractivity contribution in [3.8, 4) is 0 Å². The number of rotatable bonds is 4. The average molecular weight is 461 g/mol. The van der Waals surface area contributed by atoms with Gasteiger partial charge < -0.3 is 5.73 Å². The standard InChI is InChI=1S/C22H24INS/c23-25-20-13-7-6-12-19(20)22(24,16-18-10-2-1-3-11-18)21(25)15-14-17-8-4-5-9-17/h1-3,6-7,10-15,17H,4-5,8-9,16,24H2/b15-14+. The summed E-state index contributed by atoms with van der Waals surface area (Å²) in [5.74, 6) is 0.741. The molecule has 0 amide bonds. The van der Waals surface area contributed by atoms with Crippen molar-refractivity contribution < 1.29 is 0 Å². The normalized spacial score (nSPS) is 26.5. The van der Waals surface area contributed by atoms with E-state index in [4.69, 9.17) is 5.73 Å². The van der Waals surface area contributed by atoms with Gasteiger partial charge in [-0.05, 0) is 63.6 Å². The average Bonchev–Trinajstić information content (AvgIpc) is 3.22. The zero-order valence-corrected chi connectivity index (χ0v) is 17.3. The Balaban J connectivity index is 1.75. The van der Waals surface area contributed by atoms with Crippen molar-refractivity contribution in [2.24, 2.45) is 11.7 Å². The van der Waals surface area contributed by atoms with Gasteiger partial charge in [0.15, 0.2) is 0 Å². The Morgan fingerprint density at radius 2 is 1.72 bits per heavy atom. The lowest BCUT2D eigenvalue weighted by Crippen LogP contribution is -2.44. The van der Waals surface area contributed by atoms with Gasteiger partial charge in [0.25, 0.3) is 0 Å². The predicted octanol–water partition coefficient (Wildman–Crippen LogP) is 5.99. The van der Waals surface area contributed by atoms with Crippen molar-refractivity contribution in [1.82, 2.24) is 0 Å². The highest BCUT2D eigenvalue weighted by atomic mass is 127. The Morgan fingerprint density at radius 3 is 2.48 bits per heavy atom. The molecule has 2 unspecified atom stereocenters. The van der Waals surface area contributed by atoms with Crippen molar-refractivity contribution >= 4 is 33.7 Å². The van der Waals surface area contributed by atoms with Crippen LogP contribution in [0, 0.1) is 5.92 Å². The van der Waals surface area contributed by atoms with E-state index in [1.807, 2.05) is 0 Å². The van der Waals surface area contributed by atoms with Gasteiger partial charge in [-0.1, -0.05) is 81.2 Å². The van der Waals surface area contributed by atoms with E-state index in [-0.39, 0.29) is 7.66 Å². The molecule has 3 heteroatoms. The number of benzene rings is 2. The maximum absolute atomic E-state index is 7.14. The zero-order chi connectivity index (χ0) is 17.3. The SMILES string of the molecule is NC1(Cc2ccccc2)C(/C=C/C2CCCC2)=S(I)c2ccccc21. The second kappa shape index (κ2) is 7.37. The first-order chi connectivity index (χ1) is 12.2. The summed E-state index contributed by atoms with van der Waals surface area (Å²) in [5.41, 5.74) is 9.36. The molecule has 0 bridgehead atoms. The minimum absolute atomic E-state index is 0.0462. The summed E-state index contributed by atoms with van der Waals surface area (Å²) in [6, 6.07) is 19.4. The van der Waals surface area contributed by atoms with Crippen LogP contribution in [0.3, 0.4) is 0 Å². The quantitative estimate of drug-likeness (QED) is 0.338. The summed E-state index contributed by atoms with van der Waals surface area (Å²) in [6.45, 7) is 0. The molecular weight excluding hydrogens is 437 g/mol. The first-order valence-electron chi connectivity index (χ1n) is 9.07. The second-order valence-electron chi connectivity index (χ2n) is 7.15. The van der Waals surface area contributed by atoms with Crippen molar-refractivity contribution in [2.45, 2.75) is 42.5 Å². The highest BCUT2D eigenvalue weighted by molar-refractivity contribution is 14.2. The Labute approximate surface area is 165 Å². The Morgan fingerprint density at radius 1 is 1.04 bits per heavy atom. The number of hydrogen-bond donors (Lipinski definition) is 1. The van der Waals surface area contributed by atoms with Gasteiger partial charge >= 0.3 is 0 Å². The van der Waals surface area contributed by atoms with E-state index in [2.05, 4.69) is 88.0 Å². The van der Waals surface area contributed by atoms with Gasteiger partial charge in [-0.15, -0.1) is 0 Å². The van der Waals surface area contributed by atoms with E-state index >= 15 is 0 Å². The fourth-order valence-electron chi connectivity index (χ4n) is 4.08. The lowest BCUT2D eigenvalue weighted by Gasteiger charge is -2.28. The Bertz CT molecular complexity index is 821. The lowest BCUT2D eigenvalue weighted by molar-refractivity contribution is 0.601. The van der Waals surface area contributed by atoms with Crippen LogP contribution in [0.2, 0.25) is 0 Å². The van der Waals surface area contributed by atoms with Crippen LogP contribution in [-0.2, 0) is 12.0 Å². The van der Waals surface area contributed by atoms with Gasteiger partial charge in [-0.25, -0.2) is 0 Å². The van der Waals surface area contributed by atoms with E-state index in [1.165, 1.54) is 46.6 Å². The molecule has 130 valence electrons. The summed E-state index contributed by atoms with van der Waals surface area (Å²) in [4.78, 5) is 2.80. The van der Waals surface area contributed by atoms with Crippen LogP contribution in [0.15, 0.2) is 71.6 Å². The Hall–Kier alpha value is -0.910. The highest BCUT2D eigenvalue weighted by Gasteiger charge is 2.40. The molecule has 1 aliphatic carbocycles. The van der Waals surface area contributed by atoms with Gasteiger partial charge in [0, 0.05) is 9.76 Å². The molecule has 1 saturated carbocycles. The molecule has 0 radical (unpaired) electrons. The predicted molar refractivity (Wildman–Crippen MR) is 118 cm³/mol. The van der Waals surface area contributed by atoms with Crippen molar-refractivity contribution in [1.29, 1.82) is 0 Å². The van der Waals surface area contributed by atoms with Crippen LogP contribution < -0.4 is 5.73 Å². The summed E-state index contributed by atoms with van der Waals surface area (Å²) in [7, 11) is 0.0462. The largest absolute Gasteiger partial charge is 0.317 e. The number of nitrogens with two attached hydrogens (primary N) is 1. The molecule has 1 fully saturated rings. The van der Waals surface area contributed by atoms with Crippen LogP contribution in [0.25, 0.3) is 0 Å². The van der Waals surface area contributed by atoms with Gasteiger partial charge in [0.2, 0.25) is 0 Å². The third-order valence-corrected chi connectivity index (χ3v) is 9.91. The van der Waals surface area contributed by atoms with Gasteiger partial charge in [0.1, 0.15) is 0 Å². The van der Waals surface area contributed by atoms with Gasteiger partial charge in [-0.3, -0.25) is 0 Å². The first kappa shape index (κ1) is 17.5. The van der Waals surface area contributed by atoms with Crippen LogP contribution in [0.4, 0.5) is 0 Å². The van der Waals surface area contributed by atoms with E-state index in [0.29, 0.717) is 0 Å². The third-order valence-electron chi connectivity index (χ3n) is 5.44. The molecule has 0 spiro atoms. The summed E-state index contributed by atoms with van der Waals surface area (Å²) in [6.07, 6.45) is 11.1. The maximum atomic E-state index is 7.14. The molecule has 2 aromatic carbocycles. The first-order valence-corrected chi connectivity index (χ1v) is 12.8. The summed E-state index contributed by atoms with van der Waals surface area (Å²) < 4.78 is 0. The van der Waals surface area contributed by atoms with Crippen molar-refractivity contribution in [3.05, 3.63) is 77.9 Å². The van der Waals surface area contributed by atoms with Crippen molar-refractivity contribution in [2.75, 3.05) is 0 Å². The number of allylic oxidation sites excluding steroid dienone is 1. The molecule has 4 rings (SSSR count). The molecule has 1 aliphatic heterocycles. The molecule has 1 heterocycles. The van der Waals surface area contributed by atoms with E-state index in [9.17, 15) is 0 Å². The number of halogens is 1. The molecule has 2 aromatic rings. The van der Waals surface area contributed by atoms with Crippen LogP contribution in [-0.4, -0.2) is 4.86 Å². The van der Waals surface area contributed by atoms with Crippen LogP contribution in [0.5, 0.6) is 0 Å². The topological polar surface area (TPSA) is 26.0 Å². The van der Waals surface area contributed by atoms with Crippen LogP contribution in [0.1, 0.15) is 36.8 Å². The van der Waals surface area contributed by atoms with E-state index in [1.54, 1.807) is 0 Å². The maximum Gasteiger partial charge on any atom is 0.0779 e. The molecule has 2 aliphatic rings. The van der Waals surface area contributed by atoms with E-state index < -0.39 is 5.54 Å². The minimum Gasteiger partial charge on any atom is -0.317 e. The molecule has 0 saturated heterocycles. The molecule has 2 atom stereocenters. The van der Waals surface area contributed by atoms with Crippen LogP contribution >= 0.6 is 28.9 Å². The smallest absolute Gasteiger partial charge is 0.0779 e. The van der Waals surface area contributed by atoms with E-state index in [0.717, 1.165) is 12.3 Å². The van der Waals surface area contributed by atoms with Gasteiger partial charge in [0.05, 0.1) is 5.54 Å². The fraction of sp³-hybridized carbons (Fsp3) is 0.318. The number of hydrogen-bond acceptors (Lipinski definition) is 1. The molecular formula is C22H24INS. The van der Waals surface area contributed by atoms with Gasteiger partial charge in [-0.2, -0.15) is 0 Å². The molecule has 0 aromatic heterocycles. The second-order valence-corrected chi connectivity index (χ2v) is 11.2. The highest BCUT2D eigenvalue weighted by Crippen LogP contribution is 2.51. The fourth-order valence-corrected chi connectivity index (χ4v) is 8.43. The van der Waals surface area contributed by atoms with Crippen molar-refractivity contribution in [3.63, 3.8) is 0 Å². The molecule has 2 N–H and O–H groups in total.